The predicted octanol–water partition coefficient (Wildman–Crippen LogP) is 0.765. The number of aromatic nitrogens is 2. The van der Waals surface area contributed by atoms with Crippen molar-refractivity contribution >= 4 is 12.2 Å². The smallest absolute Gasteiger partial charge is 0.255 e. The molecule has 0 aliphatic rings. The lowest BCUT2D eigenvalue weighted by atomic mass is 10.2. The van der Waals surface area contributed by atoms with Gasteiger partial charge in [0, 0.05) is 24.2 Å². The maximum Gasteiger partial charge on any atom is 0.255 e. The second-order valence-electron chi connectivity index (χ2n) is 4.38. The number of phenolic OH excluding ortho intramolecular Hbond substituents is 1. The lowest BCUT2D eigenvalue weighted by molar-refractivity contribution is 0.298. The molecule has 0 fully saturated rings. The topological polar surface area (TPSA) is 111 Å². The summed E-state index contributed by atoms with van der Waals surface area (Å²) in [7, 11) is 0. The van der Waals surface area contributed by atoms with Gasteiger partial charge in [-0.05, 0) is 19.1 Å². The molecule has 0 aliphatic carbocycles. The van der Waals surface area contributed by atoms with Gasteiger partial charge in [0.1, 0.15) is 5.75 Å². The summed E-state index contributed by atoms with van der Waals surface area (Å²) < 4.78 is 0. The van der Waals surface area contributed by atoms with Crippen LogP contribution in [0.2, 0.25) is 0 Å². The Hall–Kier alpha value is -2.67. The number of hydrogen-bond acceptors (Lipinski definition) is 6. The molecule has 0 amide bonds. The fourth-order valence-electron chi connectivity index (χ4n) is 1.83. The summed E-state index contributed by atoms with van der Waals surface area (Å²) in [6.07, 6.45) is 1.68. The number of hydrogen-bond donors (Lipinski definition) is 4. The number of aryl methyl sites for hydroxylation is 1. The largest absolute Gasteiger partial charge is 0.507 e. The molecule has 0 bridgehead atoms. The van der Waals surface area contributed by atoms with Crippen LogP contribution < -0.4 is 11.0 Å². The Morgan fingerprint density at radius 2 is 2.19 bits per heavy atom. The van der Waals surface area contributed by atoms with Crippen LogP contribution in [-0.4, -0.2) is 33.0 Å². The Morgan fingerprint density at radius 1 is 1.43 bits per heavy atom. The van der Waals surface area contributed by atoms with Gasteiger partial charge in [-0.25, -0.2) is 10.4 Å². The third-order valence-corrected chi connectivity index (χ3v) is 2.89. The first-order valence-corrected chi connectivity index (χ1v) is 6.39. The normalized spacial score (nSPS) is 11.0. The van der Waals surface area contributed by atoms with E-state index in [1.165, 1.54) is 6.21 Å². The minimum atomic E-state index is -0.309. The van der Waals surface area contributed by atoms with Crippen LogP contribution >= 0.6 is 0 Å². The average molecular weight is 288 g/mol. The van der Waals surface area contributed by atoms with Gasteiger partial charge in [-0.3, -0.25) is 9.78 Å². The van der Waals surface area contributed by atoms with E-state index in [9.17, 15) is 9.90 Å². The van der Waals surface area contributed by atoms with E-state index in [1.807, 2.05) is 0 Å². The Labute approximate surface area is 121 Å². The monoisotopic (exact) mass is 288 g/mol. The van der Waals surface area contributed by atoms with E-state index < -0.39 is 0 Å². The zero-order valence-corrected chi connectivity index (χ0v) is 11.5. The summed E-state index contributed by atoms with van der Waals surface area (Å²) in [5, 5.41) is 22.4. The minimum Gasteiger partial charge on any atom is -0.507 e. The number of aliphatic hydroxyl groups is 1. The number of phenols is 1. The maximum absolute atomic E-state index is 11.8. The second-order valence-corrected chi connectivity index (χ2v) is 4.38. The standard InChI is InChI=1S/C14H16N4O3/c1-9-11(6-7-19)13(21)17-14(16-9)18-15-8-10-4-2-3-5-12(10)20/h2-5,8,19-20H,6-7H2,1H3,(H2,16,17,18,21)/b15-8-. The van der Waals surface area contributed by atoms with Gasteiger partial charge in [0.15, 0.2) is 0 Å². The van der Waals surface area contributed by atoms with Crippen LogP contribution in [0.1, 0.15) is 16.8 Å². The Balaban J connectivity index is 2.14. The van der Waals surface area contributed by atoms with Crippen LogP contribution in [0.15, 0.2) is 34.2 Å². The Morgan fingerprint density at radius 3 is 2.86 bits per heavy atom. The van der Waals surface area contributed by atoms with Crippen LogP contribution in [0, 0.1) is 6.92 Å². The zero-order chi connectivity index (χ0) is 15.2. The van der Waals surface area contributed by atoms with Crippen molar-refractivity contribution < 1.29 is 10.2 Å². The first-order valence-electron chi connectivity index (χ1n) is 6.39. The van der Waals surface area contributed by atoms with E-state index in [2.05, 4.69) is 20.5 Å². The van der Waals surface area contributed by atoms with Gasteiger partial charge in [-0.15, -0.1) is 0 Å². The highest BCUT2D eigenvalue weighted by Crippen LogP contribution is 2.12. The first kappa shape index (κ1) is 14.7. The Kier molecular flexibility index (Phi) is 4.68. The number of aromatic hydroxyl groups is 1. The summed E-state index contributed by atoms with van der Waals surface area (Å²) in [5.74, 6) is 0.310. The third-order valence-electron chi connectivity index (χ3n) is 2.89. The molecule has 0 aliphatic heterocycles. The van der Waals surface area contributed by atoms with Gasteiger partial charge in [-0.1, -0.05) is 12.1 Å². The molecule has 0 spiro atoms. The number of benzene rings is 1. The molecule has 0 unspecified atom stereocenters. The molecule has 1 aromatic heterocycles. The van der Waals surface area contributed by atoms with E-state index in [0.717, 1.165) is 0 Å². The molecular formula is C14H16N4O3. The van der Waals surface area contributed by atoms with E-state index >= 15 is 0 Å². The van der Waals surface area contributed by atoms with Crippen LogP contribution in [-0.2, 0) is 6.42 Å². The highest BCUT2D eigenvalue weighted by molar-refractivity contribution is 5.83. The van der Waals surface area contributed by atoms with Crippen molar-refractivity contribution in [2.45, 2.75) is 13.3 Å². The minimum absolute atomic E-state index is 0.107. The number of anilines is 1. The van der Waals surface area contributed by atoms with Gasteiger partial charge >= 0.3 is 0 Å². The SMILES string of the molecule is Cc1nc(N/N=C\c2ccccc2O)[nH]c(=O)c1CCO. The molecule has 7 nitrogen and oxygen atoms in total. The maximum atomic E-state index is 11.8. The summed E-state index contributed by atoms with van der Waals surface area (Å²) in [4.78, 5) is 18.5. The number of rotatable bonds is 5. The quantitative estimate of drug-likeness (QED) is 0.479. The first-order chi connectivity index (χ1) is 10.1. The number of para-hydroxylation sites is 1. The van der Waals surface area contributed by atoms with Gasteiger partial charge < -0.3 is 10.2 Å². The molecule has 0 saturated heterocycles. The van der Waals surface area contributed by atoms with E-state index in [-0.39, 0.29) is 30.3 Å². The van der Waals surface area contributed by atoms with Crippen LogP contribution in [0.25, 0.3) is 0 Å². The Bertz CT molecular complexity index is 710. The van der Waals surface area contributed by atoms with Gasteiger partial charge in [0.05, 0.1) is 11.9 Å². The molecule has 0 saturated carbocycles. The molecule has 2 aromatic rings. The van der Waals surface area contributed by atoms with Crippen molar-refractivity contribution in [1.82, 2.24) is 9.97 Å². The lowest BCUT2D eigenvalue weighted by Gasteiger charge is -2.05. The molecule has 110 valence electrons. The molecule has 4 N–H and O–H groups in total. The fourth-order valence-corrected chi connectivity index (χ4v) is 1.83. The van der Waals surface area contributed by atoms with Crippen molar-refractivity contribution in [2.24, 2.45) is 5.10 Å². The average Bonchev–Trinajstić information content (AvgIpc) is 2.45. The molecule has 1 aromatic carbocycles. The van der Waals surface area contributed by atoms with Crippen LogP contribution in [0.4, 0.5) is 5.95 Å². The van der Waals surface area contributed by atoms with Crippen LogP contribution in [0.5, 0.6) is 5.75 Å². The predicted molar refractivity (Wildman–Crippen MR) is 79.7 cm³/mol. The molecule has 21 heavy (non-hydrogen) atoms. The number of H-pyrrole nitrogens is 1. The molecule has 0 radical (unpaired) electrons. The van der Waals surface area contributed by atoms with Gasteiger partial charge in [-0.2, -0.15) is 5.10 Å². The number of nitrogens with zero attached hydrogens (tertiary/aromatic N) is 2. The van der Waals surface area contributed by atoms with Crippen molar-refractivity contribution in [3.63, 3.8) is 0 Å². The summed E-state index contributed by atoms with van der Waals surface area (Å²) in [5.41, 5.74) is 3.82. The van der Waals surface area contributed by atoms with E-state index in [1.54, 1.807) is 31.2 Å². The zero-order valence-electron chi connectivity index (χ0n) is 11.5. The number of hydrazone groups is 1. The second kappa shape index (κ2) is 6.67. The van der Waals surface area contributed by atoms with Gasteiger partial charge in [0.2, 0.25) is 5.95 Å². The lowest BCUT2D eigenvalue weighted by Crippen LogP contribution is -2.19. The van der Waals surface area contributed by atoms with Crippen molar-refractivity contribution in [3.05, 3.63) is 51.4 Å². The highest BCUT2D eigenvalue weighted by atomic mass is 16.3. The summed E-state index contributed by atoms with van der Waals surface area (Å²) in [6, 6.07) is 6.74. The van der Waals surface area contributed by atoms with Gasteiger partial charge in [0.25, 0.3) is 5.56 Å². The number of aliphatic hydroxyl groups excluding tert-OH is 1. The highest BCUT2D eigenvalue weighted by Gasteiger charge is 2.06. The van der Waals surface area contributed by atoms with E-state index in [4.69, 9.17) is 5.11 Å². The van der Waals surface area contributed by atoms with E-state index in [0.29, 0.717) is 16.8 Å². The number of nitrogens with one attached hydrogen (secondary N) is 2. The molecular weight excluding hydrogens is 272 g/mol. The van der Waals surface area contributed by atoms with Crippen molar-refractivity contribution in [3.8, 4) is 5.75 Å². The molecule has 1 heterocycles. The van der Waals surface area contributed by atoms with Crippen molar-refractivity contribution in [1.29, 1.82) is 0 Å². The third kappa shape index (κ3) is 3.67. The molecule has 7 heteroatoms. The molecule has 0 atom stereocenters. The summed E-state index contributed by atoms with van der Waals surface area (Å²) in [6.45, 7) is 1.59. The number of aromatic amines is 1. The molecule has 2 rings (SSSR count). The fraction of sp³-hybridized carbons (Fsp3) is 0.214. The van der Waals surface area contributed by atoms with Crippen molar-refractivity contribution in [2.75, 3.05) is 12.0 Å². The van der Waals surface area contributed by atoms with Crippen LogP contribution in [0.3, 0.4) is 0 Å². The summed E-state index contributed by atoms with van der Waals surface area (Å²) >= 11 is 0.